The van der Waals surface area contributed by atoms with Crippen LogP contribution in [0.25, 0.3) is 0 Å². The Morgan fingerprint density at radius 2 is 1.81 bits per heavy atom. The van der Waals surface area contributed by atoms with E-state index in [4.69, 9.17) is 9.84 Å². The number of hydrogen-bond donors (Lipinski definition) is 1. The van der Waals surface area contributed by atoms with Gasteiger partial charge in [0, 0.05) is 18.2 Å². The second-order valence-electron chi connectivity index (χ2n) is 5.81. The number of hydrogen-bond acceptors (Lipinski definition) is 3. The minimum Gasteiger partial charge on any atom is -0.482 e. The molecule has 0 radical (unpaired) electrons. The molecule has 0 aliphatic heterocycles. The molecule has 0 aromatic heterocycles. The van der Waals surface area contributed by atoms with Crippen LogP contribution in [0.5, 0.6) is 5.75 Å². The molecule has 114 valence electrons. The molecule has 0 saturated heterocycles. The summed E-state index contributed by atoms with van der Waals surface area (Å²) < 4.78 is 5.08. The van der Waals surface area contributed by atoms with Crippen molar-refractivity contribution in [3.63, 3.8) is 0 Å². The first-order valence-corrected chi connectivity index (χ1v) is 7.15. The molecule has 0 atom stereocenters. The number of carboxylic acid groups (broad SMARTS) is 1. The first-order chi connectivity index (χ1) is 9.92. The quantitative estimate of drug-likeness (QED) is 0.905. The lowest BCUT2D eigenvalue weighted by Gasteiger charge is -2.29. The number of anilines is 1. The van der Waals surface area contributed by atoms with Crippen LogP contribution in [0.15, 0.2) is 24.3 Å². The Morgan fingerprint density at radius 3 is 2.33 bits per heavy atom. The number of benzene rings is 1. The van der Waals surface area contributed by atoms with Gasteiger partial charge < -0.3 is 14.7 Å². The van der Waals surface area contributed by atoms with Crippen LogP contribution in [0.2, 0.25) is 0 Å². The highest BCUT2D eigenvalue weighted by Gasteiger charge is 2.38. The lowest BCUT2D eigenvalue weighted by Crippen LogP contribution is -2.38. The van der Waals surface area contributed by atoms with Gasteiger partial charge in [-0.2, -0.15) is 0 Å². The normalized spacial score (nSPS) is 16.5. The summed E-state index contributed by atoms with van der Waals surface area (Å²) in [6.45, 7) is 1.66. The maximum Gasteiger partial charge on any atom is 0.341 e. The van der Waals surface area contributed by atoms with Crippen molar-refractivity contribution in [3.05, 3.63) is 24.3 Å². The van der Waals surface area contributed by atoms with Crippen molar-refractivity contribution in [2.24, 2.45) is 5.41 Å². The molecular formula is C16H21NO4. The molecule has 1 aromatic rings. The topological polar surface area (TPSA) is 66.8 Å². The monoisotopic (exact) mass is 291 g/mol. The highest BCUT2D eigenvalue weighted by atomic mass is 16.5. The summed E-state index contributed by atoms with van der Waals surface area (Å²) in [7, 11) is 1.78. The Bertz CT molecular complexity index is 518. The molecule has 1 saturated carbocycles. The highest BCUT2D eigenvalue weighted by Crippen LogP contribution is 2.39. The van der Waals surface area contributed by atoms with Crippen LogP contribution < -0.4 is 9.64 Å². The van der Waals surface area contributed by atoms with Gasteiger partial charge in [0.05, 0.1) is 0 Å². The van der Waals surface area contributed by atoms with E-state index in [0.29, 0.717) is 5.75 Å². The van der Waals surface area contributed by atoms with Crippen LogP contribution in [0, 0.1) is 5.41 Å². The number of carbonyl (C=O) groups excluding carboxylic acids is 1. The van der Waals surface area contributed by atoms with Gasteiger partial charge in [0.15, 0.2) is 6.61 Å². The summed E-state index contributed by atoms with van der Waals surface area (Å²) in [6, 6.07) is 6.90. The summed E-state index contributed by atoms with van der Waals surface area (Å²) in [5.74, 6) is -0.395. The number of amides is 1. The fourth-order valence-corrected chi connectivity index (χ4v) is 2.80. The van der Waals surface area contributed by atoms with E-state index in [0.717, 1.165) is 31.4 Å². The predicted octanol–water partition coefficient (Wildman–Crippen LogP) is 2.69. The molecule has 1 N–H and O–H groups in total. The van der Waals surface area contributed by atoms with E-state index in [2.05, 4.69) is 0 Å². The largest absolute Gasteiger partial charge is 0.482 e. The Labute approximate surface area is 124 Å². The van der Waals surface area contributed by atoms with E-state index < -0.39 is 5.97 Å². The van der Waals surface area contributed by atoms with Crippen LogP contribution in [0.3, 0.4) is 0 Å². The highest BCUT2D eigenvalue weighted by molar-refractivity contribution is 5.97. The summed E-state index contributed by atoms with van der Waals surface area (Å²) in [4.78, 5) is 24.7. The van der Waals surface area contributed by atoms with Crippen molar-refractivity contribution >= 4 is 17.6 Å². The van der Waals surface area contributed by atoms with Gasteiger partial charge in [-0.05, 0) is 37.1 Å². The molecule has 0 spiro atoms. The number of nitrogens with zero attached hydrogens (tertiary/aromatic N) is 1. The molecule has 0 unspecified atom stereocenters. The molecule has 21 heavy (non-hydrogen) atoms. The minimum atomic E-state index is -1.01. The third kappa shape index (κ3) is 3.54. The lowest BCUT2D eigenvalue weighted by molar-refractivity contribution is -0.139. The van der Waals surface area contributed by atoms with Gasteiger partial charge in [0.25, 0.3) is 0 Å². The zero-order valence-electron chi connectivity index (χ0n) is 12.5. The zero-order chi connectivity index (χ0) is 15.5. The average molecular weight is 291 g/mol. The molecule has 2 rings (SSSR count). The zero-order valence-corrected chi connectivity index (χ0v) is 12.5. The standard InChI is InChI=1S/C16H21NO4/c1-16(9-3-4-10-16)15(20)17(2)12-5-7-13(8-6-12)21-11-14(18)19/h5-8H,3-4,9-11H2,1-2H3,(H,18,19). The average Bonchev–Trinajstić information content (AvgIpc) is 2.92. The van der Waals surface area contributed by atoms with E-state index in [1.54, 1.807) is 36.2 Å². The number of rotatable bonds is 5. The Hall–Kier alpha value is -2.04. The Kier molecular flexibility index (Phi) is 4.50. The summed E-state index contributed by atoms with van der Waals surface area (Å²) in [5, 5.41) is 8.56. The van der Waals surface area contributed by atoms with E-state index in [-0.39, 0.29) is 17.9 Å². The van der Waals surface area contributed by atoms with Crippen LogP contribution in [-0.2, 0) is 9.59 Å². The predicted molar refractivity (Wildman–Crippen MR) is 79.6 cm³/mol. The Balaban J connectivity index is 2.04. The molecule has 1 fully saturated rings. The van der Waals surface area contributed by atoms with Gasteiger partial charge in [-0.15, -0.1) is 0 Å². The van der Waals surface area contributed by atoms with E-state index in [9.17, 15) is 9.59 Å². The molecule has 1 aliphatic rings. The first kappa shape index (κ1) is 15.4. The maximum absolute atomic E-state index is 12.6. The van der Waals surface area contributed by atoms with Crippen molar-refractivity contribution in [2.75, 3.05) is 18.6 Å². The van der Waals surface area contributed by atoms with Crippen LogP contribution >= 0.6 is 0 Å². The van der Waals surface area contributed by atoms with Gasteiger partial charge in [-0.3, -0.25) is 4.79 Å². The van der Waals surface area contributed by atoms with Crippen molar-refractivity contribution in [3.8, 4) is 5.75 Å². The van der Waals surface area contributed by atoms with Crippen molar-refractivity contribution in [1.82, 2.24) is 0 Å². The fourth-order valence-electron chi connectivity index (χ4n) is 2.80. The van der Waals surface area contributed by atoms with Gasteiger partial charge in [-0.1, -0.05) is 19.8 Å². The minimum absolute atomic E-state index is 0.138. The van der Waals surface area contributed by atoms with E-state index >= 15 is 0 Å². The van der Waals surface area contributed by atoms with Crippen molar-refractivity contribution in [1.29, 1.82) is 0 Å². The second kappa shape index (κ2) is 6.16. The van der Waals surface area contributed by atoms with Crippen molar-refractivity contribution in [2.45, 2.75) is 32.6 Å². The van der Waals surface area contributed by atoms with Crippen LogP contribution in [0.1, 0.15) is 32.6 Å². The summed E-state index contributed by atoms with van der Waals surface area (Å²) in [5.41, 5.74) is 0.531. The Morgan fingerprint density at radius 1 is 1.24 bits per heavy atom. The molecule has 5 nitrogen and oxygen atoms in total. The number of ether oxygens (including phenoxy) is 1. The van der Waals surface area contributed by atoms with Crippen LogP contribution in [0.4, 0.5) is 5.69 Å². The second-order valence-corrected chi connectivity index (χ2v) is 5.81. The van der Waals surface area contributed by atoms with Gasteiger partial charge >= 0.3 is 5.97 Å². The third-order valence-corrected chi connectivity index (χ3v) is 4.11. The van der Waals surface area contributed by atoms with Crippen molar-refractivity contribution < 1.29 is 19.4 Å². The molecular weight excluding hydrogens is 270 g/mol. The number of aliphatic carboxylic acids is 1. The molecule has 1 aromatic carbocycles. The third-order valence-electron chi connectivity index (χ3n) is 4.11. The van der Waals surface area contributed by atoms with Crippen LogP contribution in [-0.4, -0.2) is 30.6 Å². The SMILES string of the molecule is CN(C(=O)C1(C)CCCC1)c1ccc(OCC(=O)O)cc1. The van der Waals surface area contributed by atoms with Gasteiger partial charge in [0.1, 0.15) is 5.75 Å². The summed E-state index contributed by atoms with van der Waals surface area (Å²) in [6.07, 6.45) is 4.10. The van der Waals surface area contributed by atoms with E-state index in [1.807, 2.05) is 6.92 Å². The van der Waals surface area contributed by atoms with Gasteiger partial charge in [0.2, 0.25) is 5.91 Å². The molecule has 0 heterocycles. The maximum atomic E-state index is 12.6. The first-order valence-electron chi connectivity index (χ1n) is 7.15. The smallest absolute Gasteiger partial charge is 0.341 e. The molecule has 0 bridgehead atoms. The fraction of sp³-hybridized carbons (Fsp3) is 0.500. The number of carbonyl (C=O) groups is 2. The number of carboxylic acids is 1. The summed E-state index contributed by atoms with van der Waals surface area (Å²) >= 11 is 0. The van der Waals surface area contributed by atoms with E-state index in [1.165, 1.54) is 0 Å². The molecule has 5 heteroatoms. The van der Waals surface area contributed by atoms with Gasteiger partial charge in [-0.25, -0.2) is 4.79 Å². The lowest BCUT2D eigenvalue weighted by atomic mass is 9.87. The molecule has 1 aliphatic carbocycles. The molecule has 1 amide bonds.